The van der Waals surface area contributed by atoms with Gasteiger partial charge >= 0.3 is 0 Å². The fraction of sp³-hybridized carbons (Fsp3) is 0.667. The Balaban J connectivity index is 2.67. The Morgan fingerprint density at radius 2 is 2.13 bits per heavy atom. The molecular weight excluding hydrogens is 192 g/mol. The lowest BCUT2D eigenvalue weighted by Gasteiger charge is -2.21. The van der Waals surface area contributed by atoms with Crippen LogP contribution < -0.4 is 0 Å². The second-order valence-corrected chi connectivity index (χ2v) is 4.53. The third-order valence-electron chi connectivity index (χ3n) is 2.33. The lowest BCUT2D eigenvalue weighted by atomic mass is 10.0. The van der Waals surface area contributed by atoms with E-state index < -0.39 is 11.9 Å². The molecular formula is C12H20O3. The van der Waals surface area contributed by atoms with Gasteiger partial charge in [-0.1, -0.05) is 11.6 Å². The smallest absolute Gasteiger partial charge is 0.164 e. The molecule has 0 radical (unpaired) electrons. The third-order valence-corrected chi connectivity index (χ3v) is 2.33. The van der Waals surface area contributed by atoms with Gasteiger partial charge in [-0.3, -0.25) is 0 Å². The van der Waals surface area contributed by atoms with Crippen LogP contribution in [0.15, 0.2) is 24.8 Å². The van der Waals surface area contributed by atoms with E-state index >= 15 is 0 Å². The Morgan fingerprint density at radius 3 is 2.60 bits per heavy atom. The van der Waals surface area contributed by atoms with Crippen LogP contribution in [-0.4, -0.2) is 29.2 Å². The van der Waals surface area contributed by atoms with Gasteiger partial charge < -0.3 is 14.6 Å². The molecule has 1 rings (SSSR count). The Morgan fingerprint density at radius 1 is 1.53 bits per heavy atom. The van der Waals surface area contributed by atoms with Gasteiger partial charge in [0.1, 0.15) is 12.2 Å². The largest absolute Gasteiger partial charge is 0.390 e. The maximum absolute atomic E-state index is 9.94. The van der Waals surface area contributed by atoms with Crippen LogP contribution in [-0.2, 0) is 9.47 Å². The molecule has 86 valence electrons. The molecule has 3 nitrogen and oxygen atoms in total. The van der Waals surface area contributed by atoms with E-state index in [0.29, 0.717) is 6.42 Å². The van der Waals surface area contributed by atoms with E-state index in [-0.39, 0.29) is 12.2 Å². The highest BCUT2D eigenvalue weighted by molar-refractivity contribution is 5.00. The molecule has 15 heavy (non-hydrogen) atoms. The summed E-state index contributed by atoms with van der Waals surface area (Å²) in [6.07, 6.45) is 0.992. The molecule has 0 bridgehead atoms. The highest BCUT2D eigenvalue weighted by atomic mass is 16.8. The van der Waals surface area contributed by atoms with Gasteiger partial charge in [-0.2, -0.15) is 0 Å². The zero-order chi connectivity index (χ0) is 11.6. The Labute approximate surface area is 91.4 Å². The van der Waals surface area contributed by atoms with Crippen LogP contribution in [0, 0.1) is 0 Å². The van der Waals surface area contributed by atoms with Crippen molar-refractivity contribution in [2.75, 3.05) is 0 Å². The molecule has 1 fully saturated rings. The van der Waals surface area contributed by atoms with Crippen LogP contribution in [0.25, 0.3) is 0 Å². The molecule has 0 aromatic carbocycles. The fourth-order valence-electron chi connectivity index (χ4n) is 1.77. The summed E-state index contributed by atoms with van der Waals surface area (Å²) in [6, 6.07) is 0. The molecule has 0 aliphatic carbocycles. The van der Waals surface area contributed by atoms with Crippen molar-refractivity contribution in [3.63, 3.8) is 0 Å². The molecule has 0 spiro atoms. The normalized spacial score (nSPS) is 31.2. The summed E-state index contributed by atoms with van der Waals surface area (Å²) in [7, 11) is 0. The first-order valence-corrected chi connectivity index (χ1v) is 5.16. The van der Waals surface area contributed by atoms with Gasteiger partial charge in [-0.15, -0.1) is 13.2 Å². The van der Waals surface area contributed by atoms with Crippen molar-refractivity contribution >= 4 is 0 Å². The average Bonchev–Trinajstić information content (AvgIpc) is 2.40. The zero-order valence-corrected chi connectivity index (χ0v) is 9.69. The SMILES string of the molecule is C=C[C@@H]1OC(C)(C)O[C@@H]1C(O)CC(=C)C. The summed E-state index contributed by atoms with van der Waals surface area (Å²) in [5, 5.41) is 9.94. The summed E-state index contributed by atoms with van der Waals surface area (Å²) in [5.41, 5.74) is 0.929. The van der Waals surface area contributed by atoms with Crippen LogP contribution in [0.4, 0.5) is 0 Å². The molecule has 0 aromatic rings. The molecule has 0 saturated carbocycles. The summed E-state index contributed by atoms with van der Waals surface area (Å²) in [5.74, 6) is -0.653. The minimum atomic E-state index is -0.653. The predicted octanol–water partition coefficient (Wildman–Crippen LogP) is 2.02. The molecule has 1 saturated heterocycles. The van der Waals surface area contributed by atoms with Gasteiger partial charge in [0, 0.05) is 0 Å². The van der Waals surface area contributed by atoms with Crippen molar-refractivity contribution < 1.29 is 14.6 Å². The number of rotatable bonds is 4. The molecule has 1 heterocycles. The fourth-order valence-corrected chi connectivity index (χ4v) is 1.77. The van der Waals surface area contributed by atoms with Crippen LogP contribution in [0.3, 0.4) is 0 Å². The van der Waals surface area contributed by atoms with Gasteiger partial charge in [-0.05, 0) is 27.2 Å². The van der Waals surface area contributed by atoms with Gasteiger partial charge in [0.05, 0.1) is 6.10 Å². The molecule has 1 aliphatic heterocycles. The van der Waals surface area contributed by atoms with E-state index in [2.05, 4.69) is 13.2 Å². The molecule has 3 heteroatoms. The first-order chi connectivity index (χ1) is 6.85. The number of aliphatic hydroxyl groups is 1. The number of ether oxygens (including phenoxy) is 2. The predicted molar refractivity (Wildman–Crippen MR) is 59.5 cm³/mol. The van der Waals surface area contributed by atoms with Gasteiger partial charge in [0.2, 0.25) is 0 Å². The minimum Gasteiger partial charge on any atom is -0.390 e. The first kappa shape index (κ1) is 12.4. The highest BCUT2D eigenvalue weighted by Gasteiger charge is 2.43. The summed E-state index contributed by atoms with van der Waals surface area (Å²) >= 11 is 0. The topological polar surface area (TPSA) is 38.7 Å². The van der Waals surface area contributed by atoms with Crippen molar-refractivity contribution in [1.29, 1.82) is 0 Å². The van der Waals surface area contributed by atoms with Crippen LogP contribution in [0.1, 0.15) is 27.2 Å². The van der Waals surface area contributed by atoms with Crippen molar-refractivity contribution in [3.05, 3.63) is 24.8 Å². The van der Waals surface area contributed by atoms with Crippen LogP contribution in [0.2, 0.25) is 0 Å². The number of hydrogen-bond acceptors (Lipinski definition) is 3. The lowest BCUT2D eigenvalue weighted by Crippen LogP contribution is -2.34. The van der Waals surface area contributed by atoms with Crippen LogP contribution >= 0.6 is 0 Å². The molecule has 3 atom stereocenters. The molecule has 1 unspecified atom stereocenters. The summed E-state index contributed by atoms with van der Waals surface area (Å²) in [6.45, 7) is 13.0. The second-order valence-electron chi connectivity index (χ2n) is 4.53. The van der Waals surface area contributed by atoms with Gasteiger partial charge in [-0.25, -0.2) is 0 Å². The van der Waals surface area contributed by atoms with E-state index in [1.165, 1.54) is 0 Å². The zero-order valence-electron chi connectivity index (χ0n) is 9.69. The monoisotopic (exact) mass is 212 g/mol. The minimum absolute atomic E-state index is 0.255. The van der Waals surface area contributed by atoms with Gasteiger partial charge in [0.25, 0.3) is 0 Å². The first-order valence-electron chi connectivity index (χ1n) is 5.16. The van der Waals surface area contributed by atoms with Crippen molar-refractivity contribution in [3.8, 4) is 0 Å². The highest BCUT2D eigenvalue weighted by Crippen LogP contribution is 2.31. The van der Waals surface area contributed by atoms with E-state index in [1.54, 1.807) is 6.08 Å². The van der Waals surface area contributed by atoms with Crippen LogP contribution in [0.5, 0.6) is 0 Å². The average molecular weight is 212 g/mol. The summed E-state index contributed by atoms with van der Waals surface area (Å²) < 4.78 is 11.2. The number of hydrogen-bond donors (Lipinski definition) is 1. The van der Waals surface area contributed by atoms with E-state index in [1.807, 2.05) is 20.8 Å². The summed E-state index contributed by atoms with van der Waals surface area (Å²) in [4.78, 5) is 0. The Kier molecular flexibility index (Phi) is 3.71. The molecule has 0 amide bonds. The van der Waals surface area contributed by atoms with E-state index in [4.69, 9.17) is 9.47 Å². The van der Waals surface area contributed by atoms with E-state index in [9.17, 15) is 5.11 Å². The van der Waals surface area contributed by atoms with Gasteiger partial charge in [0.15, 0.2) is 5.79 Å². The Hall–Kier alpha value is -0.640. The third kappa shape index (κ3) is 3.16. The van der Waals surface area contributed by atoms with Crippen molar-refractivity contribution in [1.82, 2.24) is 0 Å². The van der Waals surface area contributed by atoms with Crippen molar-refractivity contribution in [2.45, 2.75) is 51.3 Å². The second kappa shape index (κ2) is 4.47. The molecule has 1 aliphatic rings. The molecule has 0 aromatic heterocycles. The maximum atomic E-state index is 9.94. The Bertz CT molecular complexity index is 258. The van der Waals surface area contributed by atoms with Crippen molar-refractivity contribution in [2.24, 2.45) is 0 Å². The quantitative estimate of drug-likeness (QED) is 0.725. The lowest BCUT2D eigenvalue weighted by molar-refractivity contribution is -0.153. The van der Waals surface area contributed by atoms with E-state index in [0.717, 1.165) is 5.57 Å². The molecule has 1 N–H and O–H groups in total. The standard InChI is InChI=1S/C12H20O3/c1-6-10-11(9(13)7-8(2)3)15-12(4,5)14-10/h6,9-11,13H,1-2,7H2,3-5H3/t9?,10-,11+/m0/s1. The number of aliphatic hydroxyl groups excluding tert-OH is 1. The maximum Gasteiger partial charge on any atom is 0.164 e.